The van der Waals surface area contributed by atoms with E-state index in [0.29, 0.717) is 24.0 Å². The molecule has 2 rings (SSSR count). The summed E-state index contributed by atoms with van der Waals surface area (Å²) in [4.78, 5) is 46.4. The third-order valence-electron chi connectivity index (χ3n) is 6.31. The maximum atomic E-state index is 11.9. The molecule has 0 fully saturated rings. The molecule has 0 saturated carbocycles. The van der Waals surface area contributed by atoms with Crippen LogP contribution in [0, 0.1) is 11.8 Å². The molecule has 0 radical (unpaired) electrons. The molecule has 2 aromatic carbocycles. The zero-order valence-electron chi connectivity index (χ0n) is 26.7. The fourth-order valence-electron chi connectivity index (χ4n) is 4.05. The summed E-state index contributed by atoms with van der Waals surface area (Å²) < 4.78 is 0. The van der Waals surface area contributed by atoms with Gasteiger partial charge in [0.05, 0.1) is 12.1 Å². The Morgan fingerprint density at radius 1 is 0.596 bits per heavy atom. The van der Waals surface area contributed by atoms with E-state index < -0.39 is 47.9 Å². The third kappa shape index (κ3) is 17.0. The van der Waals surface area contributed by atoms with Crippen molar-refractivity contribution in [1.82, 2.24) is 10.6 Å². The van der Waals surface area contributed by atoms with Crippen LogP contribution in [0.3, 0.4) is 0 Å². The number of hydrogen-bond donors (Lipinski definition) is 10. The average molecular weight is 675 g/mol. The first-order chi connectivity index (χ1) is 20.4. The van der Waals surface area contributed by atoms with Crippen LogP contribution in [-0.2, 0) is 32.0 Å². The van der Waals surface area contributed by atoms with Crippen LogP contribution >= 0.6 is 0 Å². The lowest BCUT2D eigenvalue weighted by Gasteiger charge is -2.19. The van der Waals surface area contributed by atoms with Crippen molar-refractivity contribution in [3.8, 4) is 23.0 Å². The molecule has 0 aromatic heterocycles. The van der Waals surface area contributed by atoms with Crippen molar-refractivity contribution in [2.75, 3.05) is 0 Å². The number of carboxylic acids is 2. The molecule has 0 aliphatic carbocycles. The Kier molecular flexibility index (Phi) is 21.8. The van der Waals surface area contributed by atoms with E-state index in [0.717, 1.165) is 0 Å². The number of carboxylic acid groups (broad SMARTS) is 2. The predicted molar refractivity (Wildman–Crippen MR) is 172 cm³/mol. The van der Waals surface area contributed by atoms with Gasteiger partial charge in [0.2, 0.25) is 11.8 Å². The minimum Gasteiger partial charge on any atom is -0.504 e. The molecule has 0 bridgehead atoms. The summed E-state index contributed by atoms with van der Waals surface area (Å²) >= 11 is 0. The molecular formula is C30H50N4O13. The quantitative estimate of drug-likeness (QED) is 0.104. The first kappa shape index (κ1) is 46.7. The van der Waals surface area contributed by atoms with Crippen molar-refractivity contribution in [2.45, 2.75) is 77.5 Å². The van der Waals surface area contributed by atoms with Gasteiger partial charge in [-0.2, -0.15) is 0 Å². The van der Waals surface area contributed by atoms with Crippen LogP contribution in [-0.4, -0.2) is 95.0 Å². The Morgan fingerprint density at radius 3 is 1.13 bits per heavy atom. The summed E-state index contributed by atoms with van der Waals surface area (Å²) in [5.41, 5.74) is 12.4. The van der Waals surface area contributed by atoms with E-state index in [1.807, 2.05) is 27.7 Å². The van der Waals surface area contributed by atoms with E-state index in [2.05, 4.69) is 10.6 Å². The first-order valence-corrected chi connectivity index (χ1v) is 14.0. The van der Waals surface area contributed by atoms with Crippen molar-refractivity contribution < 1.29 is 66.2 Å². The van der Waals surface area contributed by atoms with Crippen molar-refractivity contribution in [3.05, 3.63) is 47.5 Å². The number of nitrogens with two attached hydrogens (primary N) is 2. The molecule has 17 nitrogen and oxygen atoms in total. The topological polar surface area (TPSA) is 360 Å². The number of aliphatic carboxylic acids is 2. The van der Waals surface area contributed by atoms with Crippen molar-refractivity contribution in [2.24, 2.45) is 23.3 Å². The summed E-state index contributed by atoms with van der Waals surface area (Å²) in [5.74, 6) is -4.27. The van der Waals surface area contributed by atoms with E-state index in [-0.39, 0.29) is 64.1 Å². The van der Waals surface area contributed by atoms with Crippen molar-refractivity contribution >= 4 is 23.8 Å². The van der Waals surface area contributed by atoms with E-state index in [4.69, 9.17) is 11.5 Å². The van der Waals surface area contributed by atoms with Gasteiger partial charge in [0.1, 0.15) is 12.1 Å². The highest BCUT2D eigenvalue weighted by atomic mass is 16.4. The van der Waals surface area contributed by atoms with Crippen LogP contribution in [0.2, 0.25) is 0 Å². The minimum absolute atomic E-state index is 0. The molecule has 2 amide bonds. The van der Waals surface area contributed by atoms with E-state index in [1.165, 1.54) is 36.4 Å². The van der Waals surface area contributed by atoms with Crippen LogP contribution in [0.15, 0.2) is 36.4 Å². The highest BCUT2D eigenvalue weighted by molar-refractivity contribution is 5.87. The zero-order chi connectivity index (χ0) is 33.7. The first-order valence-electron chi connectivity index (χ1n) is 14.0. The van der Waals surface area contributed by atoms with Gasteiger partial charge in [-0.3, -0.25) is 9.59 Å². The molecule has 268 valence electrons. The second-order valence-corrected chi connectivity index (χ2v) is 11.3. The molecule has 2 aromatic rings. The molecule has 4 atom stereocenters. The van der Waals surface area contributed by atoms with Crippen LogP contribution in [0.5, 0.6) is 23.0 Å². The molecule has 18 N–H and O–H groups in total. The van der Waals surface area contributed by atoms with Gasteiger partial charge in [-0.25, -0.2) is 9.59 Å². The number of rotatable bonds is 14. The Hall–Kier alpha value is -4.68. The van der Waals surface area contributed by atoms with Gasteiger partial charge in [-0.1, -0.05) is 39.8 Å². The number of amides is 2. The summed E-state index contributed by atoms with van der Waals surface area (Å²) in [7, 11) is 0. The van der Waals surface area contributed by atoms with Gasteiger partial charge in [0.25, 0.3) is 0 Å². The number of hydrogen-bond acceptors (Lipinski definition) is 10. The number of benzene rings is 2. The van der Waals surface area contributed by atoms with Gasteiger partial charge in [-0.05, 0) is 60.1 Å². The Morgan fingerprint density at radius 2 is 0.894 bits per heavy atom. The molecular weight excluding hydrogens is 624 g/mol. The van der Waals surface area contributed by atoms with E-state index >= 15 is 0 Å². The second-order valence-electron chi connectivity index (χ2n) is 11.3. The number of nitrogens with one attached hydrogen (secondary N) is 2. The predicted octanol–water partition coefficient (Wildman–Crippen LogP) is -1.31. The lowest BCUT2D eigenvalue weighted by molar-refractivity contribution is -0.142. The van der Waals surface area contributed by atoms with Crippen molar-refractivity contribution in [1.29, 1.82) is 0 Å². The number of aromatic hydroxyl groups is 4. The normalized spacial score (nSPS) is 12.8. The maximum absolute atomic E-state index is 11.9. The molecule has 47 heavy (non-hydrogen) atoms. The lowest BCUT2D eigenvalue weighted by Crippen LogP contribution is -2.49. The number of phenols is 4. The van der Waals surface area contributed by atoms with Crippen LogP contribution < -0.4 is 22.1 Å². The van der Waals surface area contributed by atoms with Gasteiger partial charge >= 0.3 is 11.9 Å². The van der Waals surface area contributed by atoms with Crippen LogP contribution in [0.1, 0.15) is 51.7 Å². The Bertz CT molecular complexity index is 1190. The number of phenolic OH excluding ortho intramolecular Hbond substituents is 4. The largest absolute Gasteiger partial charge is 0.504 e. The Labute approximate surface area is 272 Å². The minimum atomic E-state index is -1.20. The maximum Gasteiger partial charge on any atom is 0.326 e. The standard InChI is InChI=1S/2C15H22N2O5.3H2O/c2*1-8(2)5-10(16)14(20)17-11(15(21)22)6-9-3-4-12(18)13(19)7-9;;;/h2*3-4,7-8,10-11,18-19H,5-6,16H2,1-2H3,(H,17,20)(H,21,22);3*1H2/t2*10-,11-;;;/m00.../s1. The monoisotopic (exact) mass is 674 g/mol. The zero-order valence-corrected chi connectivity index (χ0v) is 26.7. The van der Waals surface area contributed by atoms with Crippen LogP contribution in [0.25, 0.3) is 0 Å². The summed E-state index contributed by atoms with van der Waals surface area (Å²) in [6.07, 6.45) is 0.864. The Balaban J connectivity index is -0.000000774. The highest BCUT2D eigenvalue weighted by Gasteiger charge is 2.25. The van der Waals surface area contributed by atoms with E-state index in [9.17, 15) is 49.8 Å². The smallest absolute Gasteiger partial charge is 0.326 e. The second kappa shape index (κ2) is 22.0. The van der Waals surface area contributed by atoms with Crippen LogP contribution in [0.4, 0.5) is 0 Å². The summed E-state index contributed by atoms with van der Waals surface area (Å²) in [5, 5.41) is 60.5. The molecule has 0 aliphatic heterocycles. The summed E-state index contributed by atoms with van der Waals surface area (Å²) in [6.45, 7) is 7.67. The van der Waals surface area contributed by atoms with Gasteiger partial charge in [0, 0.05) is 12.8 Å². The third-order valence-corrected chi connectivity index (χ3v) is 6.31. The SMILES string of the molecule is CC(C)C[C@H](N)C(=O)N[C@@H](Cc1ccc(O)c(O)c1)C(=O)O.CC(C)C[C@H](N)C(=O)N[C@@H](Cc1ccc(O)c(O)c1)C(=O)O.O.O.O. The molecule has 0 unspecified atom stereocenters. The van der Waals surface area contributed by atoms with Gasteiger partial charge in [-0.15, -0.1) is 0 Å². The fourth-order valence-corrected chi connectivity index (χ4v) is 4.05. The summed E-state index contributed by atoms with van der Waals surface area (Å²) in [6, 6.07) is 4.13. The van der Waals surface area contributed by atoms with Gasteiger partial charge < -0.3 is 69.2 Å². The van der Waals surface area contributed by atoms with Crippen molar-refractivity contribution in [3.63, 3.8) is 0 Å². The lowest BCUT2D eigenvalue weighted by atomic mass is 10.0. The number of carbonyl (C=O) groups excluding carboxylic acids is 2. The molecule has 0 spiro atoms. The van der Waals surface area contributed by atoms with E-state index in [1.54, 1.807) is 0 Å². The highest BCUT2D eigenvalue weighted by Crippen LogP contribution is 2.26. The molecule has 17 heteroatoms. The fraction of sp³-hybridized carbons (Fsp3) is 0.467. The average Bonchev–Trinajstić information content (AvgIpc) is 2.91. The molecule has 0 aliphatic rings. The molecule has 0 heterocycles. The van der Waals surface area contributed by atoms with Gasteiger partial charge in [0.15, 0.2) is 23.0 Å². The molecule has 0 saturated heterocycles. The number of carbonyl (C=O) groups is 4.